The zero-order chi connectivity index (χ0) is 34.4. The molecule has 1 aliphatic rings. The summed E-state index contributed by atoms with van der Waals surface area (Å²) in [4.78, 5) is 81.9. The molecule has 0 radical (unpaired) electrons. The first-order valence-electron chi connectivity index (χ1n) is 15.5. The summed E-state index contributed by atoms with van der Waals surface area (Å²) in [5.41, 5.74) is 0.820. The minimum absolute atomic E-state index is 0.0129. The maximum Gasteiger partial charge on any atom is 0.258 e. The van der Waals surface area contributed by atoms with Crippen LogP contribution in [0, 0.1) is 0 Å². The predicted octanol–water partition coefficient (Wildman–Crippen LogP) is 6.06. The van der Waals surface area contributed by atoms with Crippen LogP contribution in [0.2, 0.25) is 0 Å². The number of azo groups is 1. The van der Waals surface area contributed by atoms with Gasteiger partial charge in [-0.15, -0.1) is 0 Å². The van der Waals surface area contributed by atoms with E-state index in [0.29, 0.717) is 27.4 Å². The Balaban J connectivity index is 1.23. The Morgan fingerprint density at radius 1 is 0.600 bits per heavy atom. The first-order valence-corrected chi connectivity index (χ1v) is 15.5. The molecule has 3 N–H and O–H groups in total. The van der Waals surface area contributed by atoms with Crippen LogP contribution in [-0.2, 0) is 0 Å². The van der Waals surface area contributed by atoms with Gasteiger partial charge in [0.05, 0.1) is 44.3 Å². The average molecular weight is 658 g/mol. The summed E-state index contributed by atoms with van der Waals surface area (Å²) in [5.74, 6) is -1.31. The first-order chi connectivity index (χ1) is 24.4. The zero-order valence-electron chi connectivity index (χ0n) is 25.9. The van der Waals surface area contributed by atoms with E-state index in [4.69, 9.17) is 0 Å². The Kier molecular flexibility index (Phi) is 7.30. The number of hydrogen-bond acceptors (Lipinski definition) is 9. The number of para-hydroxylation sites is 2. The van der Waals surface area contributed by atoms with Crippen molar-refractivity contribution < 1.29 is 14.4 Å². The van der Waals surface area contributed by atoms with Crippen molar-refractivity contribution in [2.45, 2.75) is 6.04 Å². The fourth-order valence-corrected chi connectivity index (χ4v) is 6.02. The second-order valence-electron chi connectivity index (χ2n) is 11.5. The Morgan fingerprint density at radius 2 is 1.14 bits per heavy atom. The molecular weight excluding hydrogens is 634 g/mol. The molecule has 0 bridgehead atoms. The molecule has 7 aromatic rings. The lowest BCUT2D eigenvalue weighted by atomic mass is 9.82. The van der Waals surface area contributed by atoms with Crippen LogP contribution < -0.4 is 16.4 Å². The van der Waals surface area contributed by atoms with Gasteiger partial charge in [-0.25, -0.2) is 9.97 Å². The molecule has 1 aliphatic carbocycles. The summed E-state index contributed by atoms with van der Waals surface area (Å²) in [7, 11) is 0. The second kappa shape index (κ2) is 12.1. The molecule has 0 aliphatic heterocycles. The number of benzene rings is 5. The summed E-state index contributed by atoms with van der Waals surface area (Å²) in [5, 5.41) is 12.4. The third-order valence-corrected chi connectivity index (χ3v) is 8.40. The first kappa shape index (κ1) is 30.1. The highest BCUT2D eigenvalue weighted by atomic mass is 16.2. The van der Waals surface area contributed by atoms with E-state index in [1.165, 1.54) is 18.2 Å². The van der Waals surface area contributed by atoms with Crippen LogP contribution in [0.1, 0.15) is 59.9 Å². The minimum Gasteiger partial charge on any atom is -0.321 e. The highest BCUT2D eigenvalue weighted by Gasteiger charge is 2.34. The van der Waals surface area contributed by atoms with Gasteiger partial charge in [-0.1, -0.05) is 66.7 Å². The van der Waals surface area contributed by atoms with Gasteiger partial charge in [0.25, 0.3) is 17.0 Å². The number of carbonyl (C=O) groups is 3. The number of nitrogens with one attached hydrogen (secondary N) is 3. The Labute approximate surface area is 281 Å². The normalized spacial score (nSPS) is 12.4. The lowest BCUT2D eigenvalue weighted by molar-refractivity contribution is 0.0979. The number of fused-ring (bicyclic) bond motifs is 4. The number of rotatable bonds is 6. The van der Waals surface area contributed by atoms with Crippen molar-refractivity contribution in [3.8, 4) is 0 Å². The van der Waals surface area contributed by atoms with Crippen LogP contribution in [0.3, 0.4) is 0 Å². The molecule has 1 amide bonds. The summed E-state index contributed by atoms with van der Waals surface area (Å²) in [6.45, 7) is 0. The fraction of sp³-hybridized carbons (Fsp3) is 0.0263. The summed E-state index contributed by atoms with van der Waals surface area (Å²) in [6.07, 6.45) is 0. The van der Waals surface area contributed by atoms with Gasteiger partial charge in [0.2, 0.25) is 0 Å². The number of carbonyl (C=O) groups excluding carboxylic acids is 3. The number of anilines is 1. The number of amides is 1. The molecular formula is C38H23N7O5. The lowest BCUT2D eigenvalue weighted by Gasteiger charge is -2.21. The number of aromatic nitrogens is 4. The molecule has 0 saturated heterocycles. The predicted molar refractivity (Wildman–Crippen MR) is 185 cm³/mol. The van der Waals surface area contributed by atoms with Crippen LogP contribution in [0.5, 0.6) is 0 Å². The van der Waals surface area contributed by atoms with Gasteiger partial charge >= 0.3 is 0 Å². The molecule has 2 aromatic heterocycles. The number of ketones is 2. The summed E-state index contributed by atoms with van der Waals surface area (Å²) in [6, 6.07) is 30.1. The van der Waals surface area contributed by atoms with Gasteiger partial charge in [-0.05, 0) is 48.5 Å². The number of nitrogens with zero attached hydrogens (tertiary/aromatic N) is 4. The molecule has 5 aromatic carbocycles. The standard InChI is InChI=1S/C38H23N7O5/c46-32-24-15-9-19-28(30(24)33(47)23-14-8-18-27(29(23)32)41-36(48)20-10-2-1-3-11-20)44-45-31(34-39-25-16-6-4-12-21(25)37(49)42-34)35-40-26-17-7-5-13-22(26)38(50)43-35/h1-19,31H,(H,41,48)(H,39,42,49)(H,40,43,50). The summed E-state index contributed by atoms with van der Waals surface area (Å²) < 4.78 is 0. The van der Waals surface area contributed by atoms with Gasteiger partial charge in [-0.3, -0.25) is 24.0 Å². The van der Waals surface area contributed by atoms with E-state index in [1.54, 1.807) is 97.1 Å². The van der Waals surface area contributed by atoms with Crippen molar-refractivity contribution in [1.29, 1.82) is 0 Å². The molecule has 0 saturated carbocycles. The summed E-state index contributed by atoms with van der Waals surface area (Å²) >= 11 is 0. The van der Waals surface area contributed by atoms with Gasteiger partial charge in [0, 0.05) is 16.7 Å². The Morgan fingerprint density at radius 3 is 1.78 bits per heavy atom. The van der Waals surface area contributed by atoms with Gasteiger partial charge < -0.3 is 15.3 Å². The van der Waals surface area contributed by atoms with Crippen molar-refractivity contribution >= 4 is 50.7 Å². The Hall–Kier alpha value is -7.21. The monoisotopic (exact) mass is 657 g/mol. The number of hydrogen-bond donors (Lipinski definition) is 3. The fourth-order valence-electron chi connectivity index (χ4n) is 6.02. The topological polar surface area (TPSA) is 179 Å². The highest BCUT2D eigenvalue weighted by molar-refractivity contribution is 6.32. The Bertz CT molecular complexity index is 2610. The smallest absolute Gasteiger partial charge is 0.258 e. The molecule has 0 unspecified atom stereocenters. The van der Waals surface area contributed by atoms with E-state index in [1.807, 2.05) is 0 Å². The van der Waals surface area contributed by atoms with Crippen LogP contribution in [0.4, 0.5) is 11.4 Å². The largest absolute Gasteiger partial charge is 0.321 e. The molecule has 240 valence electrons. The van der Waals surface area contributed by atoms with Crippen molar-refractivity contribution in [3.05, 3.63) is 175 Å². The van der Waals surface area contributed by atoms with Gasteiger partial charge in [0.15, 0.2) is 17.6 Å². The van der Waals surface area contributed by atoms with E-state index >= 15 is 0 Å². The molecule has 2 heterocycles. The quantitative estimate of drug-likeness (QED) is 0.182. The molecule has 8 rings (SSSR count). The average Bonchev–Trinajstić information content (AvgIpc) is 3.14. The van der Waals surface area contributed by atoms with Crippen molar-refractivity contribution in [3.63, 3.8) is 0 Å². The zero-order valence-corrected chi connectivity index (χ0v) is 25.9. The minimum atomic E-state index is -1.22. The van der Waals surface area contributed by atoms with E-state index in [9.17, 15) is 24.0 Å². The van der Waals surface area contributed by atoms with E-state index in [-0.39, 0.29) is 45.3 Å². The van der Waals surface area contributed by atoms with Crippen molar-refractivity contribution in [2.75, 3.05) is 5.32 Å². The maximum atomic E-state index is 14.1. The van der Waals surface area contributed by atoms with Crippen LogP contribution in [0.25, 0.3) is 21.8 Å². The van der Waals surface area contributed by atoms with E-state index in [0.717, 1.165) is 0 Å². The SMILES string of the molecule is O=C(Nc1cccc2c1C(=O)c1cccc(N=NC(c3nc4ccccc4c(=O)[nH]3)c3nc4ccccc4c(=O)[nH]3)c1C2=O)c1ccccc1. The van der Waals surface area contributed by atoms with E-state index < -0.39 is 34.6 Å². The third-order valence-electron chi connectivity index (χ3n) is 8.40. The molecule has 0 fully saturated rings. The number of aromatic amines is 2. The highest BCUT2D eigenvalue weighted by Crippen LogP contribution is 2.37. The van der Waals surface area contributed by atoms with Gasteiger partial charge in [0.1, 0.15) is 11.6 Å². The molecule has 50 heavy (non-hydrogen) atoms. The van der Waals surface area contributed by atoms with E-state index in [2.05, 4.69) is 35.5 Å². The van der Waals surface area contributed by atoms with Crippen LogP contribution >= 0.6 is 0 Å². The third kappa shape index (κ3) is 5.17. The van der Waals surface area contributed by atoms with Gasteiger partial charge in [-0.2, -0.15) is 10.2 Å². The molecule has 0 atom stereocenters. The van der Waals surface area contributed by atoms with Crippen LogP contribution in [0.15, 0.2) is 135 Å². The molecule has 0 spiro atoms. The second-order valence-corrected chi connectivity index (χ2v) is 11.5. The number of H-pyrrole nitrogens is 2. The van der Waals surface area contributed by atoms with Crippen molar-refractivity contribution in [2.24, 2.45) is 10.2 Å². The molecule has 12 nitrogen and oxygen atoms in total. The van der Waals surface area contributed by atoms with Crippen molar-refractivity contribution in [1.82, 2.24) is 19.9 Å². The molecule has 12 heteroatoms. The maximum absolute atomic E-state index is 14.1. The lowest BCUT2D eigenvalue weighted by Crippen LogP contribution is -2.24. The van der Waals surface area contributed by atoms with Crippen LogP contribution in [-0.4, -0.2) is 37.4 Å².